The van der Waals surface area contributed by atoms with Gasteiger partial charge in [-0.25, -0.2) is 0 Å². The Morgan fingerprint density at radius 3 is 3.00 bits per heavy atom. The minimum absolute atomic E-state index is 0.208. The van der Waals surface area contributed by atoms with Crippen LogP contribution in [0.2, 0.25) is 0 Å². The molecule has 0 amide bonds. The smallest absolute Gasteiger partial charge is 0.165 e. The van der Waals surface area contributed by atoms with E-state index in [-0.39, 0.29) is 5.78 Å². The number of fused-ring (bicyclic) bond motifs is 1. The number of rotatable bonds is 1. The van der Waals surface area contributed by atoms with Crippen LogP contribution in [0.15, 0.2) is 18.2 Å². The van der Waals surface area contributed by atoms with Crippen molar-refractivity contribution in [3.63, 3.8) is 0 Å². The number of nitrogens with two attached hydrogens (primary N) is 1. The van der Waals surface area contributed by atoms with Crippen LogP contribution in [0.1, 0.15) is 41.6 Å². The molecule has 1 aliphatic carbocycles. The first-order chi connectivity index (χ1) is 6.24. The summed E-state index contributed by atoms with van der Waals surface area (Å²) in [4.78, 5) is 11.6. The fourth-order valence-electron chi connectivity index (χ4n) is 2.05. The van der Waals surface area contributed by atoms with Crippen LogP contribution in [0, 0.1) is 0 Å². The summed E-state index contributed by atoms with van der Waals surface area (Å²) in [5.41, 5.74) is 8.31. The van der Waals surface area contributed by atoms with Gasteiger partial charge in [0.1, 0.15) is 0 Å². The molecule has 2 nitrogen and oxygen atoms in total. The highest BCUT2D eigenvalue weighted by molar-refractivity contribution is 6.05. The quantitative estimate of drug-likeness (QED) is 0.666. The van der Waals surface area contributed by atoms with Gasteiger partial charge in [-0.15, -0.1) is 0 Å². The molecular formula is C11H13NO. The van der Waals surface area contributed by atoms with Crippen LogP contribution < -0.4 is 5.73 Å². The summed E-state index contributed by atoms with van der Waals surface area (Å²) < 4.78 is 0. The molecule has 0 aliphatic heterocycles. The van der Waals surface area contributed by atoms with Crippen molar-refractivity contribution in [2.24, 2.45) is 0 Å². The number of carbonyl (C=O) groups excluding carboxylic acids is 1. The van der Waals surface area contributed by atoms with Gasteiger partial charge >= 0.3 is 0 Å². The van der Waals surface area contributed by atoms with Crippen molar-refractivity contribution in [2.75, 3.05) is 5.73 Å². The first kappa shape index (κ1) is 8.30. The van der Waals surface area contributed by atoms with Crippen molar-refractivity contribution in [1.82, 2.24) is 0 Å². The monoisotopic (exact) mass is 175 g/mol. The number of benzene rings is 1. The molecule has 1 aromatic carbocycles. The second-order valence-corrected chi connectivity index (χ2v) is 3.54. The van der Waals surface area contributed by atoms with Crippen LogP contribution >= 0.6 is 0 Å². The fourth-order valence-corrected chi connectivity index (χ4v) is 2.05. The van der Waals surface area contributed by atoms with Gasteiger partial charge in [-0.2, -0.15) is 0 Å². The van der Waals surface area contributed by atoms with Crippen molar-refractivity contribution < 1.29 is 4.79 Å². The number of hydrogen-bond acceptors (Lipinski definition) is 2. The molecule has 1 aliphatic rings. The van der Waals surface area contributed by atoms with Gasteiger partial charge in [0.05, 0.1) is 0 Å². The number of carbonyl (C=O) groups is 1. The van der Waals surface area contributed by atoms with E-state index in [0.717, 1.165) is 17.5 Å². The lowest BCUT2D eigenvalue weighted by Gasteiger charge is -2.06. The Labute approximate surface area is 77.8 Å². The highest BCUT2D eigenvalue weighted by atomic mass is 16.1. The predicted octanol–water partition coefficient (Wildman–Crippen LogP) is 2.35. The van der Waals surface area contributed by atoms with Crippen molar-refractivity contribution in [2.45, 2.75) is 25.7 Å². The van der Waals surface area contributed by atoms with Gasteiger partial charge in [0.2, 0.25) is 0 Å². The Morgan fingerprint density at radius 1 is 1.54 bits per heavy atom. The third kappa shape index (κ3) is 1.13. The van der Waals surface area contributed by atoms with E-state index in [1.165, 1.54) is 0 Å². The van der Waals surface area contributed by atoms with Crippen LogP contribution in [0.3, 0.4) is 0 Å². The first-order valence-corrected chi connectivity index (χ1v) is 4.65. The lowest BCUT2D eigenvalue weighted by molar-refractivity contribution is 0.0989. The van der Waals surface area contributed by atoms with E-state index in [2.05, 4.69) is 6.92 Å². The molecule has 2 rings (SSSR count). The zero-order valence-electron chi connectivity index (χ0n) is 7.71. The zero-order chi connectivity index (χ0) is 9.42. The molecule has 0 unspecified atom stereocenters. The Balaban J connectivity index is 2.57. The maximum atomic E-state index is 11.6. The Kier molecular flexibility index (Phi) is 1.83. The van der Waals surface area contributed by atoms with Crippen molar-refractivity contribution in [3.8, 4) is 0 Å². The number of nitrogen functional groups attached to an aromatic ring is 1. The van der Waals surface area contributed by atoms with Crippen LogP contribution in [-0.2, 0) is 0 Å². The summed E-state index contributed by atoms with van der Waals surface area (Å²) in [6, 6.07) is 5.74. The van der Waals surface area contributed by atoms with Crippen molar-refractivity contribution in [1.29, 1.82) is 0 Å². The summed E-state index contributed by atoms with van der Waals surface area (Å²) in [7, 11) is 0. The summed E-state index contributed by atoms with van der Waals surface area (Å²) in [6.07, 6.45) is 1.66. The average molecular weight is 175 g/mol. The standard InChI is InChI=1S/C11H13NO/c1-2-7-6-10(13)11-8(7)4-3-5-9(11)12/h3-5,7H,2,6,12H2,1H3/t7-/m0/s1. The van der Waals surface area contributed by atoms with Gasteiger partial charge in [0, 0.05) is 17.7 Å². The van der Waals surface area contributed by atoms with E-state index < -0.39 is 0 Å². The highest BCUT2D eigenvalue weighted by Crippen LogP contribution is 2.37. The van der Waals surface area contributed by atoms with Gasteiger partial charge in [-0.3, -0.25) is 4.79 Å². The highest BCUT2D eigenvalue weighted by Gasteiger charge is 2.29. The summed E-state index contributed by atoms with van der Waals surface area (Å²) in [5, 5.41) is 0. The Morgan fingerprint density at radius 2 is 2.31 bits per heavy atom. The molecule has 0 heterocycles. The molecule has 0 saturated carbocycles. The molecule has 0 bridgehead atoms. The molecule has 0 aromatic heterocycles. The number of Topliss-reactive ketones (excluding diaryl/α,β-unsaturated/α-hetero) is 1. The Hall–Kier alpha value is -1.31. The second-order valence-electron chi connectivity index (χ2n) is 3.54. The number of anilines is 1. The van der Waals surface area contributed by atoms with E-state index in [1.807, 2.05) is 12.1 Å². The van der Waals surface area contributed by atoms with Crippen LogP contribution in [0.25, 0.3) is 0 Å². The maximum Gasteiger partial charge on any atom is 0.165 e. The fraction of sp³-hybridized carbons (Fsp3) is 0.364. The van der Waals surface area contributed by atoms with E-state index in [9.17, 15) is 4.79 Å². The minimum Gasteiger partial charge on any atom is -0.398 e. The summed E-state index contributed by atoms with van der Waals surface area (Å²) >= 11 is 0. The minimum atomic E-state index is 0.208. The van der Waals surface area contributed by atoms with Crippen molar-refractivity contribution >= 4 is 11.5 Å². The third-order valence-electron chi connectivity index (χ3n) is 2.77. The molecule has 2 heteroatoms. The predicted molar refractivity (Wildman–Crippen MR) is 52.8 cm³/mol. The number of hydrogen-bond donors (Lipinski definition) is 1. The molecule has 1 atom stereocenters. The second kappa shape index (κ2) is 2.87. The van der Waals surface area contributed by atoms with E-state index >= 15 is 0 Å². The molecule has 0 saturated heterocycles. The van der Waals surface area contributed by atoms with Gasteiger partial charge in [-0.1, -0.05) is 19.1 Å². The summed E-state index contributed by atoms with van der Waals surface area (Å²) in [5.74, 6) is 0.603. The lowest BCUT2D eigenvalue weighted by atomic mass is 9.98. The zero-order valence-corrected chi connectivity index (χ0v) is 7.71. The average Bonchev–Trinajstić information content (AvgIpc) is 2.44. The molecule has 2 N–H and O–H groups in total. The molecule has 0 radical (unpaired) electrons. The lowest BCUT2D eigenvalue weighted by Crippen LogP contribution is -1.98. The van der Waals surface area contributed by atoms with Gasteiger partial charge in [-0.05, 0) is 24.0 Å². The topological polar surface area (TPSA) is 43.1 Å². The molecule has 68 valence electrons. The van der Waals surface area contributed by atoms with E-state index in [4.69, 9.17) is 5.73 Å². The summed E-state index contributed by atoms with van der Waals surface area (Å²) in [6.45, 7) is 2.11. The largest absolute Gasteiger partial charge is 0.398 e. The molecular weight excluding hydrogens is 162 g/mol. The Bertz CT molecular complexity index is 357. The van der Waals surface area contributed by atoms with E-state index in [1.54, 1.807) is 6.07 Å². The van der Waals surface area contributed by atoms with Crippen molar-refractivity contribution in [3.05, 3.63) is 29.3 Å². The van der Waals surface area contributed by atoms with Crippen LogP contribution in [0.4, 0.5) is 5.69 Å². The number of ketones is 1. The first-order valence-electron chi connectivity index (χ1n) is 4.65. The van der Waals surface area contributed by atoms with Gasteiger partial charge < -0.3 is 5.73 Å². The normalized spacial score (nSPS) is 20.4. The molecule has 0 spiro atoms. The van der Waals surface area contributed by atoms with E-state index in [0.29, 0.717) is 18.0 Å². The van der Waals surface area contributed by atoms with Crippen LogP contribution in [-0.4, -0.2) is 5.78 Å². The van der Waals surface area contributed by atoms with Gasteiger partial charge in [0.25, 0.3) is 0 Å². The maximum absolute atomic E-state index is 11.6. The molecule has 1 aromatic rings. The molecule has 13 heavy (non-hydrogen) atoms. The van der Waals surface area contributed by atoms with Gasteiger partial charge in [0.15, 0.2) is 5.78 Å². The molecule has 0 fully saturated rings. The van der Waals surface area contributed by atoms with Crippen LogP contribution in [0.5, 0.6) is 0 Å². The third-order valence-corrected chi connectivity index (χ3v) is 2.77. The SMILES string of the molecule is CC[C@H]1CC(=O)c2c(N)cccc21.